The zero-order chi connectivity index (χ0) is 15.4. The van der Waals surface area contributed by atoms with E-state index in [2.05, 4.69) is 15.3 Å². The molecule has 1 aromatic heterocycles. The molecule has 114 valence electrons. The largest absolute Gasteiger partial charge is 0.378 e. The summed E-state index contributed by atoms with van der Waals surface area (Å²) in [6.45, 7) is 4.37. The van der Waals surface area contributed by atoms with Gasteiger partial charge in [0.05, 0.1) is 25.6 Å². The van der Waals surface area contributed by atoms with Crippen LogP contribution in [0.4, 0.5) is 11.5 Å². The number of para-hydroxylation sites is 1. The van der Waals surface area contributed by atoms with Crippen LogP contribution in [0.1, 0.15) is 16.1 Å². The predicted molar refractivity (Wildman–Crippen MR) is 83.2 cm³/mol. The highest BCUT2D eigenvalue weighted by atomic mass is 16.5. The number of benzene rings is 1. The van der Waals surface area contributed by atoms with Gasteiger partial charge in [-0.3, -0.25) is 4.79 Å². The van der Waals surface area contributed by atoms with Crippen molar-refractivity contribution in [3.8, 4) is 0 Å². The minimum Gasteiger partial charge on any atom is -0.378 e. The summed E-state index contributed by atoms with van der Waals surface area (Å²) >= 11 is 0. The fourth-order valence-electron chi connectivity index (χ4n) is 2.28. The van der Waals surface area contributed by atoms with Gasteiger partial charge in [-0.1, -0.05) is 18.2 Å². The van der Waals surface area contributed by atoms with Gasteiger partial charge < -0.3 is 15.0 Å². The number of morpholine rings is 1. The quantitative estimate of drug-likeness (QED) is 0.938. The maximum absolute atomic E-state index is 12.3. The van der Waals surface area contributed by atoms with Crippen molar-refractivity contribution in [3.05, 3.63) is 47.9 Å². The van der Waals surface area contributed by atoms with Gasteiger partial charge in [-0.15, -0.1) is 0 Å². The van der Waals surface area contributed by atoms with Crippen molar-refractivity contribution < 1.29 is 9.53 Å². The van der Waals surface area contributed by atoms with Crippen LogP contribution < -0.4 is 5.32 Å². The molecule has 1 fully saturated rings. The van der Waals surface area contributed by atoms with Crippen molar-refractivity contribution in [2.45, 2.75) is 6.92 Å². The van der Waals surface area contributed by atoms with Crippen LogP contribution in [0.3, 0.4) is 0 Å². The minimum absolute atomic E-state index is 0.0989. The molecule has 6 nitrogen and oxygen atoms in total. The Kier molecular flexibility index (Phi) is 4.29. The fraction of sp³-hybridized carbons (Fsp3) is 0.312. The molecule has 0 unspecified atom stereocenters. The third-order valence-corrected chi connectivity index (χ3v) is 3.58. The zero-order valence-electron chi connectivity index (χ0n) is 12.5. The second kappa shape index (κ2) is 6.53. The highest BCUT2D eigenvalue weighted by Gasteiger charge is 2.19. The van der Waals surface area contributed by atoms with Crippen LogP contribution in [0.15, 0.2) is 36.7 Å². The standard InChI is InChI=1S/C16H18N4O2/c1-12-4-2-3-5-13(12)19-15-11-17-14(10-18-15)16(21)20-6-8-22-9-7-20/h2-5,10-11H,6-9H2,1H3,(H,18,19). The molecule has 1 aliphatic heterocycles. The third kappa shape index (κ3) is 3.23. The molecular weight excluding hydrogens is 280 g/mol. The van der Waals surface area contributed by atoms with Crippen LogP contribution in [0.2, 0.25) is 0 Å². The Hall–Kier alpha value is -2.47. The number of hydrogen-bond donors (Lipinski definition) is 1. The predicted octanol–water partition coefficient (Wildman–Crippen LogP) is 2.00. The minimum atomic E-state index is -0.0989. The monoisotopic (exact) mass is 298 g/mol. The van der Waals surface area contributed by atoms with Crippen LogP contribution in [-0.2, 0) is 4.74 Å². The lowest BCUT2D eigenvalue weighted by atomic mass is 10.2. The Labute approximate surface area is 129 Å². The summed E-state index contributed by atoms with van der Waals surface area (Å²) < 4.78 is 5.24. The van der Waals surface area contributed by atoms with E-state index in [1.807, 2.05) is 31.2 Å². The van der Waals surface area contributed by atoms with E-state index in [4.69, 9.17) is 4.74 Å². The van der Waals surface area contributed by atoms with E-state index in [9.17, 15) is 4.79 Å². The highest BCUT2D eigenvalue weighted by molar-refractivity contribution is 5.92. The van der Waals surface area contributed by atoms with Crippen molar-refractivity contribution >= 4 is 17.4 Å². The van der Waals surface area contributed by atoms with Gasteiger partial charge in [-0.2, -0.15) is 0 Å². The van der Waals surface area contributed by atoms with Crippen LogP contribution in [-0.4, -0.2) is 47.1 Å². The van der Waals surface area contributed by atoms with E-state index in [1.54, 1.807) is 11.1 Å². The summed E-state index contributed by atoms with van der Waals surface area (Å²) in [6.07, 6.45) is 3.10. The average molecular weight is 298 g/mol. The van der Waals surface area contributed by atoms with Gasteiger partial charge in [0.15, 0.2) is 0 Å². The maximum atomic E-state index is 12.3. The molecule has 2 heterocycles. The SMILES string of the molecule is Cc1ccccc1Nc1cnc(C(=O)N2CCOCC2)cn1. The summed E-state index contributed by atoms with van der Waals surface area (Å²) in [6, 6.07) is 7.94. The van der Waals surface area contributed by atoms with E-state index in [0.29, 0.717) is 37.8 Å². The van der Waals surface area contributed by atoms with Gasteiger partial charge in [-0.25, -0.2) is 9.97 Å². The van der Waals surface area contributed by atoms with E-state index >= 15 is 0 Å². The molecule has 0 aliphatic carbocycles. The summed E-state index contributed by atoms with van der Waals surface area (Å²) in [4.78, 5) is 22.5. The molecule has 1 amide bonds. The molecule has 22 heavy (non-hydrogen) atoms. The molecule has 3 rings (SSSR count). The van der Waals surface area contributed by atoms with Crippen LogP contribution in [0.5, 0.6) is 0 Å². The summed E-state index contributed by atoms with van der Waals surface area (Å²) in [7, 11) is 0. The van der Waals surface area contributed by atoms with E-state index < -0.39 is 0 Å². The molecule has 2 aromatic rings. The van der Waals surface area contributed by atoms with Gasteiger partial charge in [0.1, 0.15) is 11.5 Å². The number of nitrogens with zero attached hydrogens (tertiary/aromatic N) is 3. The Morgan fingerprint density at radius 3 is 2.64 bits per heavy atom. The Morgan fingerprint density at radius 2 is 1.95 bits per heavy atom. The summed E-state index contributed by atoms with van der Waals surface area (Å²) in [5, 5.41) is 3.20. The lowest BCUT2D eigenvalue weighted by Gasteiger charge is -2.26. The molecule has 0 saturated carbocycles. The second-order valence-electron chi connectivity index (χ2n) is 5.13. The normalized spacial score (nSPS) is 14.7. The van der Waals surface area contributed by atoms with Crippen molar-refractivity contribution in [3.63, 3.8) is 0 Å². The van der Waals surface area contributed by atoms with Crippen molar-refractivity contribution in [1.29, 1.82) is 0 Å². The molecule has 0 radical (unpaired) electrons. The van der Waals surface area contributed by atoms with Crippen molar-refractivity contribution in [2.24, 2.45) is 0 Å². The highest BCUT2D eigenvalue weighted by Crippen LogP contribution is 2.18. The number of carbonyl (C=O) groups is 1. The molecule has 1 aromatic carbocycles. The number of carbonyl (C=O) groups excluding carboxylic acids is 1. The van der Waals surface area contributed by atoms with E-state index in [-0.39, 0.29) is 5.91 Å². The lowest BCUT2D eigenvalue weighted by molar-refractivity contribution is 0.0298. The number of aryl methyl sites for hydroxylation is 1. The molecule has 0 bridgehead atoms. The van der Waals surface area contributed by atoms with Crippen LogP contribution >= 0.6 is 0 Å². The first-order valence-corrected chi connectivity index (χ1v) is 7.26. The summed E-state index contributed by atoms with van der Waals surface area (Å²) in [5.41, 5.74) is 2.46. The number of amides is 1. The number of anilines is 2. The Bertz CT molecular complexity index is 651. The van der Waals surface area contributed by atoms with Gasteiger partial charge in [0.2, 0.25) is 0 Å². The van der Waals surface area contributed by atoms with Gasteiger partial charge in [0.25, 0.3) is 5.91 Å². The topological polar surface area (TPSA) is 67.4 Å². The third-order valence-electron chi connectivity index (χ3n) is 3.58. The number of hydrogen-bond acceptors (Lipinski definition) is 5. The smallest absolute Gasteiger partial charge is 0.274 e. The molecule has 6 heteroatoms. The molecule has 1 saturated heterocycles. The molecule has 0 spiro atoms. The number of ether oxygens (including phenoxy) is 1. The first-order chi connectivity index (χ1) is 10.7. The number of aromatic nitrogens is 2. The fourth-order valence-corrected chi connectivity index (χ4v) is 2.28. The van der Waals surface area contributed by atoms with Crippen LogP contribution in [0, 0.1) is 6.92 Å². The number of rotatable bonds is 3. The van der Waals surface area contributed by atoms with Gasteiger partial charge >= 0.3 is 0 Å². The van der Waals surface area contributed by atoms with Gasteiger partial charge in [-0.05, 0) is 18.6 Å². The molecule has 1 aliphatic rings. The van der Waals surface area contributed by atoms with E-state index in [1.165, 1.54) is 6.20 Å². The number of nitrogens with one attached hydrogen (secondary N) is 1. The molecular formula is C16H18N4O2. The summed E-state index contributed by atoms with van der Waals surface area (Å²) in [5.74, 6) is 0.520. The first kappa shape index (κ1) is 14.5. The Morgan fingerprint density at radius 1 is 1.18 bits per heavy atom. The van der Waals surface area contributed by atoms with Crippen molar-refractivity contribution in [2.75, 3.05) is 31.6 Å². The van der Waals surface area contributed by atoms with Crippen molar-refractivity contribution in [1.82, 2.24) is 14.9 Å². The Balaban J connectivity index is 1.70. The molecule has 1 N–H and O–H groups in total. The molecule has 0 atom stereocenters. The lowest BCUT2D eigenvalue weighted by Crippen LogP contribution is -2.41. The van der Waals surface area contributed by atoms with E-state index in [0.717, 1.165) is 11.3 Å². The average Bonchev–Trinajstić information content (AvgIpc) is 2.58. The second-order valence-corrected chi connectivity index (χ2v) is 5.13. The van der Waals surface area contributed by atoms with Crippen LogP contribution in [0.25, 0.3) is 0 Å². The first-order valence-electron chi connectivity index (χ1n) is 7.26. The maximum Gasteiger partial charge on any atom is 0.274 e. The zero-order valence-corrected chi connectivity index (χ0v) is 12.5. The van der Waals surface area contributed by atoms with Gasteiger partial charge in [0, 0.05) is 18.8 Å².